The summed E-state index contributed by atoms with van der Waals surface area (Å²) in [4.78, 5) is 26.9. The van der Waals surface area contributed by atoms with Gasteiger partial charge in [0.05, 0.1) is 11.0 Å². The number of hydrogen-bond donors (Lipinski definition) is 3. The third-order valence-corrected chi connectivity index (χ3v) is 3.52. The molecule has 4 N–H and O–H groups in total. The molecule has 0 fully saturated rings. The number of nitrogens with one attached hydrogen (secondary N) is 2. The smallest absolute Gasteiger partial charge is 0.326 e. The fraction of sp³-hybridized carbons (Fsp3) is 0.0667. The number of hydrogen-bond acceptors (Lipinski definition) is 3. The van der Waals surface area contributed by atoms with Crippen LogP contribution in [-0.4, -0.2) is 15.6 Å². The Kier molecular flexibility index (Phi) is 3.70. The standard InChI is InChI=1S/C15H13ClN4O2/c16-10-3-6-13-12(7-10)19-15(22)20(13)14(21)18-11-4-1-9(8-17)2-5-11/h1-7H,8,17H2,(H,18,21)(H,19,22). The summed E-state index contributed by atoms with van der Waals surface area (Å²) in [5, 5.41) is 3.16. The second kappa shape index (κ2) is 5.67. The molecule has 0 aliphatic rings. The highest BCUT2D eigenvalue weighted by atomic mass is 35.5. The summed E-state index contributed by atoms with van der Waals surface area (Å²) < 4.78 is 1.03. The maximum atomic E-state index is 12.3. The Bertz CT molecular complexity index is 896. The summed E-state index contributed by atoms with van der Waals surface area (Å²) in [5.41, 5.74) is 7.51. The van der Waals surface area contributed by atoms with Crippen LogP contribution < -0.4 is 16.7 Å². The summed E-state index contributed by atoms with van der Waals surface area (Å²) in [6, 6.07) is 11.4. The lowest BCUT2D eigenvalue weighted by Gasteiger charge is -2.06. The van der Waals surface area contributed by atoms with Crippen molar-refractivity contribution in [3.63, 3.8) is 0 Å². The number of aromatic amines is 1. The van der Waals surface area contributed by atoms with Gasteiger partial charge in [-0.25, -0.2) is 14.2 Å². The van der Waals surface area contributed by atoms with Crippen molar-refractivity contribution in [1.29, 1.82) is 0 Å². The monoisotopic (exact) mass is 316 g/mol. The van der Waals surface area contributed by atoms with Gasteiger partial charge < -0.3 is 16.0 Å². The first-order chi connectivity index (χ1) is 10.6. The van der Waals surface area contributed by atoms with Crippen molar-refractivity contribution in [3.05, 3.63) is 63.5 Å². The lowest BCUT2D eigenvalue weighted by Crippen LogP contribution is -2.29. The lowest BCUT2D eigenvalue weighted by molar-refractivity contribution is 0.253. The minimum atomic E-state index is -0.543. The summed E-state index contributed by atoms with van der Waals surface area (Å²) >= 11 is 5.88. The molecule has 2 aromatic carbocycles. The van der Waals surface area contributed by atoms with Crippen LogP contribution in [-0.2, 0) is 6.54 Å². The first-order valence-electron chi connectivity index (χ1n) is 6.59. The van der Waals surface area contributed by atoms with Crippen molar-refractivity contribution in [2.45, 2.75) is 6.54 Å². The highest BCUT2D eigenvalue weighted by molar-refractivity contribution is 6.31. The van der Waals surface area contributed by atoms with E-state index in [9.17, 15) is 9.59 Å². The van der Waals surface area contributed by atoms with E-state index in [1.807, 2.05) is 12.1 Å². The Morgan fingerprint density at radius 2 is 1.95 bits per heavy atom. The van der Waals surface area contributed by atoms with Gasteiger partial charge in [0.2, 0.25) is 0 Å². The molecule has 3 aromatic rings. The Morgan fingerprint density at radius 1 is 1.23 bits per heavy atom. The molecule has 0 atom stereocenters. The minimum Gasteiger partial charge on any atom is -0.326 e. The molecular weight excluding hydrogens is 304 g/mol. The summed E-state index contributed by atoms with van der Waals surface area (Å²) in [6.07, 6.45) is 0. The molecule has 22 heavy (non-hydrogen) atoms. The van der Waals surface area contributed by atoms with Gasteiger partial charge in [0, 0.05) is 17.3 Å². The zero-order valence-electron chi connectivity index (χ0n) is 11.5. The molecule has 6 nitrogen and oxygen atoms in total. The van der Waals surface area contributed by atoms with E-state index >= 15 is 0 Å². The third-order valence-electron chi connectivity index (χ3n) is 3.29. The minimum absolute atomic E-state index is 0.427. The first kappa shape index (κ1) is 14.4. The van der Waals surface area contributed by atoms with Gasteiger partial charge >= 0.3 is 11.7 Å². The van der Waals surface area contributed by atoms with Gasteiger partial charge in [0.1, 0.15) is 0 Å². The molecule has 1 heterocycles. The van der Waals surface area contributed by atoms with E-state index in [1.165, 1.54) is 0 Å². The predicted molar refractivity (Wildman–Crippen MR) is 86.3 cm³/mol. The molecule has 7 heteroatoms. The van der Waals surface area contributed by atoms with Crippen LogP contribution in [0.1, 0.15) is 5.56 Å². The van der Waals surface area contributed by atoms with Gasteiger partial charge in [0.15, 0.2) is 0 Å². The molecule has 0 bridgehead atoms. The van der Waals surface area contributed by atoms with Gasteiger partial charge in [0.25, 0.3) is 0 Å². The molecule has 0 aliphatic carbocycles. The average molecular weight is 317 g/mol. The molecule has 0 spiro atoms. The third kappa shape index (κ3) is 2.61. The van der Waals surface area contributed by atoms with Gasteiger partial charge in [-0.1, -0.05) is 23.7 Å². The van der Waals surface area contributed by atoms with Crippen LogP contribution in [0.15, 0.2) is 47.3 Å². The Balaban J connectivity index is 1.94. The zero-order chi connectivity index (χ0) is 15.7. The van der Waals surface area contributed by atoms with E-state index in [1.54, 1.807) is 30.3 Å². The van der Waals surface area contributed by atoms with Crippen molar-refractivity contribution >= 4 is 34.4 Å². The van der Waals surface area contributed by atoms with Crippen LogP contribution in [0.4, 0.5) is 10.5 Å². The summed E-state index contributed by atoms with van der Waals surface area (Å²) in [6.45, 7) is 0.427. The quantitative estimate of drug-likeness (QED) is 0.678. The van der Waals surface area contributed by atoms with E-state index in [2.05, 4.69) is 10.3 Å². The van der Waals surface area contributed by atoms with Gasteiger partial charge in [-0.15, -0.1) is 0 Å². The number of halogens is 1. The topological polar surface area (TPSA) is 92.9 Å². The van der Waals surface area contributed by atoms with Crippen LogP contribution in [0.25, 0.3) is 11.0 Å². The second-order valence-electron chi connectivity index (χ2n) is 4.76. The number of imidazole rings is 1. The number of carbonyl (C=O) groups is 1. The number of nitrogens with zero attached hydrogens (tertiary/aromatic N) is 1. The van der Waals surface area contributed by atoms with Crippen LogP contribution in [0, 0.1) is 0 Å². The molecule has 3 rings (SSSR count). The van der Waals surface area contributed by atoms with Crippen molar-refractivity contribution in [3.8, 4) is 0 Å². The van der Waals surface area contributed by atoms with Gasteiger partial charge in [-0.2, -0.15) is 0 Å². The molecule has 0 unspecified atom stereocenters. The van der Waals surface area contributed by atoms with E-state index < -0.39 is 11.7 Å². The van der Waals surface area contributed by atoms with Crippen LogP contribution in [0.5, 0.6) is 0 Å². The average Bonchev–Trinajstić information content (AvgIpc) is 2.83. The highest BCUT2D eigenvalue weighted by Gasteiger charge is 2.14. The molecular formula is C15H13ClN4O2. The molecule has 1 amide bonds. The molecule has 0 aliphatic heterocycles. The maximum Gasteiger partial charge on any atom is 0.334 e. The number of amides is 1. The largest absolute Gasteiger partial charge is 0.334 e. The Morgan fingerprint density at radius 3 is 2.64 bits per heavy atom. The van der Waals surface area contributed by atoms with Gasteiger partial charge in [-0.3, -0.25) is 0 Å². The fourth-order valence-electron chi connectivity index (χ4n) is 2.19. The molecule has 0 saturated heterocycles. The Hall–Kier alpha value is -2.57. The molecule has 0 saturated carbocycles. The zero-order valence-corrected chi connectivity index (χ0v) is 12.2. The Labute approximate surface area is 130 Å². The number of H-pyrrole nitrogens is 1. The normalized spacial score (nSPS) is 10.8. The van der Waals surface area contributed by atoms with Crippen molar-refractivity contribution < 1.29 is 4.79 Å². The number of aromatic nitrogens is 2. The van der Waals surface area contributed by atoms with Crippen LogP contribution in [0.3, 0.4) is 0 Å². The van der Waals surface area contributed by atoms with E-state index in [4.69, 9.17) is 17.3 Å². The molecule has 0 radical (unpaired) electrons. The SMILES string of the molecule is NCc1ccc(NC(=O)n2c(=O)[nH]c3cc(Cl)ccc32)cc1. The van der Waals surface area contributed by atoms with E-state index in [0.717, 1.165) is 10.1 Å². The fourth-order valence-corrected chi connectivity index (χ4v) is 2.36. The molecule has 1 aromatic heterocycles. The van der Waals surface area contributed by atoms with E-state index in [0.29, 0.717) is 28.3 Å². The number of benzene rings is 2. The van der Waals surface area contributed by atoms with Crippen molar-refractivity contribution in [2.24, 2.45) is 5.73 Å². The van der Waals surface area contributed by atoms with Crippen LogP contribution in [0.2, 0.25) is 5.02 Å². The number of carbonyl (C=O) groups excluding carboxylic acids is 1. The second-order valence-corrected chi connectivity index (χ2v) is 5.19. The molecule has 112 valence electrons. The summed E-state index contributed by atoms with van der Waals surface area (Å²) in [5.74, 6) is 0. The highest BCUT2D eigenvalue weighted by Crippen LogP contribution is 2.17. The van der Waals surface area contributed by atoms with Crippen molar-refractivity contribution in [1.82, 2.24) is 9.55 Å². The summed E-state index contributed by atoms with van der Waals surface area (Å²) in [7, 11) is 0. The number of rotatable bonds is 2. The lowest BCUT2D eigenvalue weighted by atomic mass is 10.2. The maximum absolute atomic E-state index is 12.3. The number of anilines is 1. The van der Waals surface area contributed by atoms with E-state index in [-0.39, 0.29) is 0 Å². The van der Waals surface area contributed by atoms with Crippen LogP contribution >= 0.6 is 11.6 Å². The number of fused-ring (bicyclic) bond motifs is 1. The first-order valence-corrected chi connectivity index (χ1v) is 6.97. The van der Waals surface area contributed by atoms with Gasteiger partial charge in [-0.05, 0) is 35.9 Å². The van der Waals surface area contributed by atoms with Crippen molar-refractivity contribution in [2.75, 3.05) is 5.32 Å². The number of nitrogens with two attached hydrogens (primary N) is 1. The predicted octanol–water partition coefficient (Wildman–Crippen LogP) is 2.52.